The Morgan fingerprint density at radius 1 is 1.47 bits per heavy atom. The molecule has 0 saturated heterocycles. The molecule has 1 amide bonds. The molecule has 7 nitrogen and oxygen atoms in total. The maximum absolute atomic E-state index is 11.8. The molecule has 106 valence electrons. The second-order valence-electron chi connectivity index (χ2n) is 3.70. The van der Waals surface area contributed by atoms with Crippen molar-refractivity contribution in [2.24, 2.45) is 5.84 Å². The van der Waals surface area contributed by atoms with Crippen LogP contribution in [0.3, 0.4) is 0 Å². The summed E-state index contributed by atoms with van der Waals surface area (Å²) < 4.78 is 22.5. The molecule has 0 aliphatic rings. The number of rotatable bonds is 6. The quantitative estimate of drug-likeness (QED) is 0.392. The number of aromatic nitrogens is 1. The van der Waals surface area contributed by atoms with Gasteiger partial charge in [-0.25, -0.2) is 19.2 Å². The van der Waals surface area contributed by atoms with Crippen molar-refractivity contribution in [2.75, 3.05) is 23.5 Å². The van der Waals surface area contributed by atoms with E-state index in [1.165, 1.54) is 12.1 Å². The second-order valence-corrected chi connectivity index (χ2v) is 6.56. The van der Waals surface area contributed by atoms with Gasteiger partial charge in [-0.05, 0) is 12.1 Å². The van der Waals surface area contributed by atoms with Crippen molar-refractivity contribution >= 4 is 33.2 Å². The molecule has 0 aliphatic carbocycles. The molecule has 4 N–H and O–H groups in total. The number of sulfone groups is 1. The highest BCUT2D eigenvalue weighted by molar-refractivity contribution is 7.91. The van der Waals surface area contributed by atoms with Gasteiger partial charge in [0.2, 0.25) is 0 Å². The SMILES string of the molecule is CCS(=O)(=O)CCNC(=O)c1cc(Cl)nc(NN)c1. The van der Waals surface area contributed by atoms with Crippen molar-refractivity contribution in [2.45, 2.75) is 6.92 Å². The zero-order valence-electron chi connectivity index (χ0n) is 10.3. The Bertz CT molecular complexity index is 562. The second kappa shape index (κ2) is 6.69. The zero-order chi connectivity index (χ0) is 14.5. The van der Waals surface area contributed by atoms with Crippen LogP contribution in [-0.4, -0.2) is 37.4 Å². The maximum Gasteiger partial charge on any atom is 0.251 e. The fourth-order valence-corrected chi connectivity index (χ4v) is 2.18. The minimum atomic E-state index is -3.10. The number of hydrogen-bond acceptors (Lipinski definition) is 6. The van der Waals surface area contributed by atoms with Crippen LogP contribution in [0.25, 0.3) is 0 Å². The number of amides is 1. The highest BCUT2D eigenvalue weighted by atomic mass is 35.5. The molecule has 1 aromatic rings. The van der Waals surface area contributed by atoms with Gasteiger partial charge in [0.15, 0.2) is 9.84 Å². The van der Waals surface area contributed by atoms with E-state index in [4.69, 9.17) is 17.4 Å². The van der Waals surface area contributed by atoms with Gasteiger partial charge in [-0.15, -0.1) is 0 Å². The first-order valence-corrected chi connectivity index (χ1v) is 7.70. The van der Waals surface area contributed by atoms with E-state index in [-0.39, 0.29) is 34.6 Å². The number of nitrogen functional groups attached to an aromatic ring is 1. The number of carbonyl (C=O) groups excluding carboxylic acids is 1. The Kier molecular flexibility index (Phi) is 5.52. The molecule has 0 aliphatic heterocycles. The largest absolute Gasteiger partial charge is 0.351 e. The summed E-state index contributed by atoms with van der Waals surface area (Å²) >= 11 is 5.72. The van der Waals surface area contributed by atoms with Gasteiger partial charge in [-0.3, -0.25) is 4.79 Å². The van der Waals surface area contributed by atoms with Gasteiger partial charge in [-0.1, -0.05) is 18.5 Å². The van der Waals surface area contributed by atoms with Gasteiger partial charge in [0.1, 0.15) is 11.0 Å². The van der Waals surface area contributed by atoms with Crippen molar-refractivity contribution in [3.8, 4) is 0 Å². The first-order valence-electron chi connectivity index (χ1n) is 5.51. The third-order valence-corrected chi connectivity index (χ3v) is 4.24. The molecule has 0 unspecified atom stereocenters. The molecule has 1 aromatic heterocycles. The topological polar surface area (TPSA) is 114 Å². The Hall–Kier alpha value is -1.38. The predicted molar refractivity (Wildman–Crippen MR) is 73.7 cm³/mol. The molecule has 0 spiro atoms. The number of hydrazine groups is 1. The van der Waals surface area contributed by atoms with Gasteiger partial charge in [-0.2, -0.15) is 0 Å². The van der Waals surface area contributed by atoms with E-state index in [1.807, 2.05) is 0 Å². The minimum absolute atomic E-state index is 0.0420. The standard InChI is InChI=1S/C10H15ClN4O3S/c1-2-19(17,18)4-3-13-10(16)7-5-8(11)14-9(6-7)15-12/h5-6H,2-4,12H2,1H3,(H,13,16)(H,14,15). The summed E-state index contributed by atoms with van der Waals surface area (Å²) in [5.74, 6) is 4.94. The van der Waals surface area contributed by atoms with Crippen LogP contribution < -0.4 is 16.6 Å². The summed E-state index contributed by atoms with van der Waals surface area (Å²) in [6.45, 7) is 1.60. The molecule has 0 radical (unpaired) electrons. The van der Waals surface area contributed by atoms with Crippen LogP contribution in [0.1, 0.15) is 17.3 Å². The monoisotopic (exact) mass is 306 g/mol. The lowest BCUT2D eigenvalue weighted by molar-refractivity contribution is 0.0956. The first-order chi connectivity index (χ1) is 8.88. The molecule has 0 saturated carbocycles. The molecule has 0 atom stereocenters. The Morgan fingerprint density at radius 3 is 2.74 bits per heavy atom. The van der Waals surface area contributed by atoms with E-state index in [9.17, 15) is 13.2 Å². The van der Waals surface area contributed by atoms with Gasteiger partial charge < -0.3 is 10.7 Å². The maximum atomic E-state index is 11.8. The lowest BCUT2D eigenvalue weighted by Crippen LogP contribution is -2.29. The number of hydrogen-bond donors (Lipinski definition) is 3. The van der Waals surface area contributed by atoms with Crippen molar-refractivity contribution in [3.63, 3.8) is 0 Å². The minimum Gasteiger partial charge on any atom is -0.351 e. The van der Waals surface area contributed by atoms with Crippen LogP contribution in [0.2, 0.25) is 5.15 Å². The Balaban J connectivity index is 2.66. The molecule has 1 heterocycles. The van der Waals surface area contributed by atoms with E-state index in [2.05, 4.69) is 15.7 Å². The normalized spacial score (nSPS) is 11.1. The zero-order valence-corrected chi connectivity index (χ0v) is 11.9. The van der Waals surface area contributed by atoms with Crippen molar-refractivity contribution in [1.29, 1.82) is 0 Å². The number of nitrogens with two attached hydrogens (primary N) is 1. The number of nitrogens with zero attached hydrogens (tertiary/aromatic N) is 1. The van der Waals surface area contributed by atoms with Crippen LogP contribution in [-0.2, 0) is 9.84 Å². The number of nitrogens with one attached hydrogen (secondary N) is 2. The average Bonchev–Trinajstić information content (AvgIpc) is 2.37. The summed E-state index contributed by atoms with van der Waals surface area (Å²) in [5.41, 5.74) is 2.53. The molecule has 1 rings (SSSR count). The number of anilines is 1. The average molecular weight is 307 g/mol. The summed E-state index contributed by atoms with van der Waals surface area (Å²) in [6.07, 6.45) is 0. The van der Waals surface area contributed by atoms with Crippen LogP contribution in [0.5, 0.6) is 0 Å². The molecular weight excluding hydrogens is 292 g/mol. The third-order valence-electron chi connectivity index (χ3n) is 2.34. The molecular formula is C10H15ClN4O3S. The molecule has 0 aromatic carbocycles. The van der Waals surface area contributed by atoms with Crippen molar-refractivity contribution < 1.29 is 13.2 Å². The van der Waals surface area contributed by atoms with Crippen LogP contribution in [0, 0.1) is 0 Å². The van der Waals surface area contributed by atoms with E-state index < -0.39 is 15.7 Å². The van der Waals surface area contributed by atoms with E-state index in [0.29, 0.717) is 0 Å². The van der Waals surface area contributed by atoms with Gasteiger partial charge in [0.05, 0.1) is 5.75 Å². The molecule has 0 bridgehead atoms. The van der Waals surface area contributed by atoms with E-state index in [1.54, 1.807) is 6.92 Å². The molecule has 19 heavy (non-hydrogen) atoms. The van der Waals surface area contributed by atoms with Gasteiger partial charge >= 0.3 is 0 Å². The third kappa shape index (κ3) is 5.01. The predicted octanol–water partition coefficient (Wildman–Crippen LogP) is 0.185. The van der Waals surface area contributed by atoms with Crippen LogP contribution >= 0.6 is 11.6 Å². The summed E-state index contributed by atoms with van der Waals surface area (Å²) in [6, 6.07) is 2.78. The highest BCUT2D eigenvalue weighted by Gasteiger charge is 2.11. The van der Waals surface area contributed by atoms with Crippen LogP contribution in [0.15, 0.2) is 12.1 Å². The van der Waals surface area contributed by atoms with E-state index >= 15 is 0 Å². The number of halogens is 1. The van der Waals surface area contributed by atoms with Crippen molar-refractivity contribution in [1.82, 2.24) is 10.3 Å². The lowest BCUT2D eigenvalue weighted by atomic mass is 10.2. The van der Waals surface area contributed by atoms with Gasteiger partial charge in [0.25, 0.3) is 5.91 Å². The summed E-state index contributed by atoms with van der Waals surface area (Å²) in [7, 11) is -3.10. The van der Waals surface area contributed by atoms with Crippen LogP contribution in [0.4, 0.5) is 5.82 Å². The lowest BCUT2D eigenvalue weighted by Gasteiger charge is -2.07. The highest BCUT2D eigenvalue weighted by Crippen LogP contribution is 2.13. The summed E-state index contributed by atoms with van der Waals surface area (Å²) in [5, 5.41) is 2.61. The first kappa shape index (κ1) is 15.7. The van der Waals surface area contributed by atoms with E-state index in [0.717, 1.165) is 0 Å². The molecule has 0 fully saturated rings. The Morgan fingerprint density at radius 2 is 2.16 bits per heavy atom. The fourth-order valence-electron chi connectivity index (χ4n) is 1.27. The van der Waals surface area contributed by atoms with Crippen molar-refractivity contribution in [3.05, 3.63) is 22.8 Å². The smallest absolute Gasteiger partial charge is 0.251 e. The Labute approximate surface area is 116 Å². The number of pyridine rings is 1. The van der Waals surface area contributed by atoms with Gasteiger partial charge in [0, 0.05) is 17.9 Å². The summed E-state index contributed by atoms with van der Waals surface area (Å²) in [4.78, 5) is 15.6. The number of carbonyl (C=O) groups is 1. The molecule has 9 heteroatoms. The fraction of sp³-hybridized carbons (Fsp3) is 0.400.